The summed E-state index contributed by atoms with van der Waals surface area (Å²) < 4.78 is 0. The highest BCUT2D eigenvalue weighted by Crippen LogP contribution is 2.64. The fraction of sp³-hybridized carbons (Fsp3) is 0.800. The molecule has 1 heteroatoms. The molecule has 0 aromatic rings. The second kappa shape index (κ2) is 2.40. The highest BCUT2D eigenvalue weighted by atomic mass is 14.4. The van der Waals surface area contributed by atoms with Gasteiger partial charge in [-0.05, 0) is 26.2 Å². The molecule has 1 aliphatic carbocycles. The summed E-state index contributed by atoms with van der Waals surface area (Å²) in [6.07, 6.45) is 5.46. The molecule has 1 saturated heterocycles. The van der Waals surface area contributed by atoms with E-state index >= 15 is 0 Å². The van der Waals surface area contributed by atoms with Crippen LogP contribution in [0.4, 0.5) is 0 Å². The molecule has 1 saturated carbocycles. The maximum absolute atomic E-state index is 2.49. The van der Waals surface area contributed by atoms with Gasteiger partial charge in [-0.15, -0.1) is 0 Å². The molecule has 0 aromatic carbocycles. The van der Waals surface area contributed by atoms with E-state index in [0.717, 1.165) is 24.3 Å². The first kappa shape index (κ1) is 7.45. The van der Waals surface area contributed by atoms with Crippen molar-refractivity contribution in [2.45, 2.75) is 45.1 Å². The first-order chi connectivity index (χ1) is 5.20. The van der Waals surface area contributed by atoms with Crippen LogP contribution in [0, 0.1) is 5.92 Å². The van der Waals surface area contributed by atoms with Gasteiger partial charge in [-0.1, -0.05) is 36.5 Å². The van der Waals surface area contributed by atoms with Crippen LogP contribution in [-0.4, -0.2) is 6.71 Å². The minimum atomic E-state index is 0.944. The number of hydrogen-bond donors (Lipinski definition) is 0. The Kier molecular flexibility index (Phi) is 1.62. The van der Waals surface area contributed by atoms with Gasteiger partial charge in [-0.25, -0.2) is 0 Å². The molecule has 1 heterocycles. The zero-order valence-electron chi connectivity index (χ0n) is 7.80. The van der Waals surface area contributed by atoms with Crippen molar-refractivity contribution < 1.29 is 0 Å². The Balaban J connectivity index is 2.02. The predicted molar refractivity (Wildman–Crippen MR) is 51.3 cm³/mol. The molecule has 11 heavy (non-hydrogen) atoms. The quantitative estimate of drug-likeness (QED) is 0.395. The molecule has 0 bridgehead atoms. The lowest BCUT2D eigenvalue weighted by Crippen LogP contribution is -1.98. The molecule has 2 rings (SSSR count). The first-order valence-electron chi connectivity index (χ1n) is 4.85. The molecule has 0 radical (unpaired) electrons. The summed E-state index contributed by atoms with van der Waals surface area (Å²) in [5.41, 5.74) is 1.51. The highest BCUT2D eigenvalue weighted by Gasteiger charge is 2.56. The van der Waals surface area contributed by atoms with Gasteiger partial charge >= 0.3 is 0 Å². The maximum atomic E-state index is 2.49. The smallest absolute Gasteiger partial charge is 0.0857 e. The van der Waals surface area contributed by atoms with Gasteiger partial charge in [0.2, 0.25) is 0 Å². The van der Waals surface area contributed by atoms with Gasteiger partial charge in [0.05, 0.1) is 0 Å². The summed E-state index contributed by atoms with van der Waals surface area (Å²) in [6.45, 7) is 7.91. The third-order valence-electron chi connectivity index (χ3n) is 3.51. The Morgan fingerprint density at radius 2 is 2.09 bits per heavy atom. The van der Waals surface area contributed by atoms with Crippen molar-refractivity contribution in [3.05, 3.63) is 11.6 Å². The molecule has 3 atom stereocenters. The number of rotatable bonds is 1. The molecule has 0 aromatic heterocycles. The molecule has 2 aliphatic rings. The zero-order valence-corrected chi connectivity index (χ0v) is 7.80. The molecular formula is C10H17B. The Morgan fingerprint density at radius 3 is 2.55 bits per heavy atom. The van der Waals surface area contributed by atoms with E-state index in [1.165, 1.54) is 18.4 Å². The molecule has 60 valence electrons. The Hall–Kier alpha value is -0.195. The average Bonchev–Trinajstić information content (AvgIpc) is 2.39. The van der Waals surface area contributed by atoms with Crippen LogP contribution >= 0.6 is 0 Å². The van der Waals surface area contributed by atoms with E-state index < -0.39 is 0 Å². The van der Waals surface area contributed by atoms with Gasteiger partial charge in [0, 0.05) is 0 Å². The monoisotopic (exact) mass is 148 g/mol. The third-order valence-corrected chi connectivity index (χ3v) is 3.51. The average molecular weight is 148 g/mol. The lowest BCUT2D eigenvalue weighted by Gasteiger charge is -2.07. The largest absolute Gasteiger partial charge is 0.142 e. The highest BCUT2D eigenvalue weighted by molar-refractivity contribution is 6.73. The summed E-state index contributed by atoms with van der Waals surface area (Å²) in [4.78, 5) is 0. The second-order valence-electron chi connectivity index (χ2n) is 4.59. The summed E-state index contributed by atoms with van der Waals surface area (Å²) in [5.74, 6) is 3.13. The number of hydrogen-bond acceptors (Lipinski definition) is 0. The van der Waals surface area contributed by atoms with Gasteiger partial charge in [0.15, 0.2) is 0 Å². The molecule has 0 nitrogen and oxygen atoms in total. The fourth-order valence-corrected chi connectivity index (χ4v) is 2.94. The standard InChI is InChI=1S/C10H17B/c1-7(2)6-8-4-5-9-10(8)11(9)3/h6,8-10H,4-5H2,1-3H3. The molecular weight excluding hydrogens is 131 g/mol. The lowest BCUT2D eigenvalue weighted by molar-refractivity contribution is 0.689. The third kappa shape index (κ3) is 1.15. The van der Waals surface area contributed by atoms with E-state index in [-0.39, 0.29) is 0 Å². The topological polar surface area (TPSA) is 0 Å². The number of fused-ring (bicyclic) bond motifs is 1. The van der Waals surface area contributed by atoms with Crippen LogP contribution in [0.1, 0.15) is 26.7 Å². The molecule has 0 amide bonds. The molecule has 0 N–H and O–H groups in total. The lowest BCUT2D eigenvalue weighted by atomic mass is 9.62. The summed E-state index contributed by atoms with van der Waals surface area (Å²) in [7, 11) is 0. The van der Waals surface area contributed by atoms with E-state index in [0.29, 0.717) is 0 Å². The minimum Gasteiger partial charge on any atom is -0.0857 e. The van der Waals surface area contributed by atoms with Crippen LogP contribution in [-0.2, 0) is 0 Å². The maximum Gasteiger partial charge on any atom is 0.142 e. The van der Waals surface area contributed by atoms with Gasteiger partial charge in [-0.2, -0.15) is 0 Å². The Morgan fingerprint density at radius 1 is 1.36 bits per heavy atom. The van der Waals surface area contributed by atoms with E-state index in [1.54, 1.807) is 0 Å². The van der Waals surface area contributed by atoms with E-state index in [1.807, 2.05) is 0 Å². The summed E-state index contributed by atoms with van der Waals surface area (Å²) >= 11 is 0. The van der Waals surface area contributed by atoms with Crippen molar-refractivity contribution in [2.75, 3.05) is 0 Å². The molecule has 0 spiro atoms. The molecule has 3 unspecified atom stereocenters. The fourth-order valence-electron chi connectivity index (χ4n) is 2.94. The van der Waals surface area contributed by atoms with Crippen molar-refractivity contribution in [2.24, 2.45) is 5.92 Å². The normalized spacial score (nSPS) is 40.3. The molecule has 2 fully saturated rings. The van der Waals surface area contributed by atoms with E-state index in [2.05, 4.69) is 26.7 Å². The van der Waals surface area contributed by atoms with Crippen LogP contribution in [0.15, 0.2) is 11.6 Å². The Labute approximate surface area is 70.1 Å². The van der Waals surface area contributed by atoms with Gasteiger partial charge < -0.3 is 0 Å². The van der Waals surface area contributed by atoms with Crippen molar-refractivity contribution in [1.29, 1.82) is 0 Å². The number of allylic oxidation sites excluding steroid dienone is 2. The van der Waals surface area contributed by atoms with Crippen molar-refractivity contribution in [1.82, 2.24) is 0 Å². The van der Waals surface area contributed by atoms with Crippen LogP contribution in [0.25, 0.3) is 0 Å². The predicted octanol–water partition coefficient (Wildman–Crippen LogP) is 3.24. The van der Waals surface area contributed by atoms with Gasteiger partial charge in [0.1, 0.15) is 6.71 Å². The second-order valence-corrected chi connectivity index (χ2v) is 4.59. The Bertz CT molecular complexity index is 191. The molecule has 1 aliphatic heterocycles. The van der Waals surface area contributed by atoms with Gasteiger partial charge in [-0.3, -0.25) is 0 Å². The van der Waals surface area contributed by atoms with Gasteiger partial charge in [0.25, 0.3) is 0 Å². The summed E-state index contributed by atoms with van der Waals surface area (Å²) in [5, 5.41) is 0. The van der Waals surface area contributed by atoms with E-state index in [4.69, 9.17) is 0 Å². The van der Waals surface area contributed by atoms with Crippen LogP contribution in [0.3, 0.4) is 0 Å². The van der Waals surface area contributed by atoms with Crippen LogP contribution in [0.5, 0.6) is 0 Å². The van der Waals surface area contributed by atoms with Crippen molar-refractivity contribution >= 4 is 6.71 Å². The van der Waals surface area contributed by atoms with Crippen LogP contribution in [0.2, 0.25) is 18.5 Å². The van der Waals surface area contributed by atoms with Crippen LogP contribution < -0.4 is 0 Å². The summed E-state index contributed by atoms with van der Waals surface area (Å²) in [6, 6.07) is 0. The van der Waals surface area contributed by atoms with Crippen molar-refractivity contribution in [3.63, 3.8) is 0 Å². The first-order valence-corrected chi connectivity index (χ1v) is 4.85. The minimum absolute atomic E-state index is 0.944. The SMILES string of the molecule is CB1C2CCC(C=C(C)C)C12. The van der Waals surface area contributed by atoms with Crippen molar-refractivity contribution in [3.8, 4) is 0 Å². The zero-order chi connectivity index (χ0) is 8.01. The van der Waals surface area contributed by atoms with E-state index in [9.17, 15) is 0 Å².